The van der Waals surface area contributed by atoms with Gasteiger partial charge in [-0.15, -0.1) is 0 Å². The van der Waals surface area contributed by atoms with Crippen LogP contribution < -0.4 is 5.32 Å². The van der Waals surface area contributed by atoms with Gasteiger partial charge in [-0.25, -0.2) is 14.4 Å². The van der Waals surface area contributed by atoms with Crippen molar-refractivity contribution in [3.05, 3.63) is 77.5 Å². The number of fused-ring (bicyclic) bond motifs is 1. The minimum Gasteiger partial charge on any atom is -0.393 e. The molecule has 4 aromatic heterocycles. The first-order valence-corrected chi connectivity index (χ1v) is 12.1. The summed E-state index contributed by atoms with van der Waals surface area (Å²) in [5, 5.41) is 25.2. The van der Waals surface area contributed by atoms with Crippen LogP contribution in [0, 0.1) is 5.82 Å². The summed E-state index contributed by atoms with van der Waals surface area (Å²) >= 11 is 0. The number of carbonyl (C=O) groups excluding carboxylic acids is 1. The van der Waals surface area contributed by atoms with Crippen LogP contribution in [0.4, 0.5) is 4.39 Å². The van der Waals surface area contributed by atoms with Crippen molar-refractivity contribution in [3.63, 3.8) is 0 Å². The number of aliphatic hydroxyl groups is 2. The molecular formula is C27H26FN7O4. The van der Waals surface area contributed by atoms with Gasteiger partial charge in [0.1, 0.15) is 17.6 Å². The molecule has 0 saturated carbocycles. The minimum atomic E-state index is -1.01. The molecule has 0 fully saturated rings. The molecule has 0 aliphatic heterocycles. The second-order valence-electron chi connectivity index (χ2n) is 9.98. The average Bonchev–Trinajstić information content (AvgIpc) is 3.60. The third-order valence-corrected chi connectivity index (χ3v) is 6.05. The maximum Gasteiger partial charge on any atom is 0.292 e. The first-order valence-electron chi connectivity index (χ1n) is 12.1. The third-order valence-electron chi connectivity index (χ3n) is 6.05. The number of benzene rings is 1. The molecule has 1 unspecified atom stereocenters. The van der Waals surface area contributed by atoms with Crippen LogP contribution in [0.2, 0.25) is 0 Å². The number of pyridine rings is 2. The van der Waals surface area contributed by atoms with Crippen molar-refractivity contribution in [1.82, 2.24) is 35.4 Å². The van der Waals surface area contributed by atoms with E-state index in [1.165, 1.54) is 12.3 Å². The molecule has 1 aromatic carbocycles. The van der Waals surface area contributed by atoms with Gasteiger partial charge in [0.25, 0.3) is 11.7 Å². The Balaban J connectivity index is 1.35. The van der Waals surface area contributed by atoms with E-state index >= 15 is 4.39 Å². The molecule has 0 saturated heterocycles. The summed E-state index contributed by atoms with van der Waals surface area (Å²) in [6.07, 6.45) is 2.04. The zero-order chi connectivity index (χ0) is 27.7. The minimum absolute atomic E-state index is 0.0586. The number of hydrogen-bond acceptors (Lipinski definition) is 9. The van der Waals surface area contributed by atoms with E-state index in [9.17, 15) is 9.90 Å². The number of nitrogens with zero attached hydrogens (tertiary/aromatic N) is 5. The van der Waals surface area contributed by atoms with E-state index in [4.69, 9.17) is 9.63 Å². The molecule has 1 atom stereocenters. The first kappa shape index (κ1) is 26.1. The fraction of sp³-hybridized carbons (Fsp3) is 0.259. The van der Waals surface area contributed by atoms with Gasteiger partial charge in [0.05, 0.1) is 12.1 Å². The Hall–Kier alpha value is -4.55. The lowest BCUT2D eigenvalue weighted by Gasteiger charge is -2.10. The molecule has 0 bridgehead atoms. The molecule has 1 amide bonds. The average molecular weight is 532 g/mol. The molecule has 4 N–H and O–H groups in total. The Labute approximate surface area is 222 Å². The van der Waals surface area contributed by atoms with Crippen LogP contribution >= 0.6 is 0 Å². The highest BCUT2D eigenvalue weighted by molar-refractivity contribution is 5.91. The van der Waals surface area contributed by atoms with E-state index in [1.807, 2.05) is 20.8 Å². The molecule has 0 aliphatic rings. The SMILES string of the molecule is CC(C)(C)c1nc(C(=O)NCc2ccc(-c3ccnc4nc(-c5ccc(C(O)CO)cn5)[nH]c34)cc2F)no1. The Bertz CT molecular complexity index is 1640. The number of H-pyrrole nitrogens is 1. The lowest BCUT2D eigenvalue weighted by molar-refractivity contribution is 0.0937. The smallest absolute Gasteiger partial charge is 0.292 e. The molecule has 200 valence electrons. The Kier molecular flexibility index (Phi) is 6.89. The van der Waals surface area contributed by atoms with Crippen LogP contribution in [-0.4, -0.2) is 52.8 Å². The number of aliphatic hydroxyl groups excluding tert-OH is 2. The predicted molar refractivity (Wildman–Crippen MR) is 139 cm³/mol. The van der Waals surface area contributed by atoms with E-state index in [0.717, 1.165) is 0 Å². The van der Waals surface area contributed by atoms with Crippen LogP contribution in [0.1, 0.15) is 54.5 Å². The normalized spacial score (nSPS) is 12.6. The standard InChI is InChI=1S/C27H26FN7O4/c1-27(2,3)26-34-24(35-39-26)25(38)31-11-15-5-4-14(10-18(15)28)17-8-9-29-23-21(17)32-22(33-23)19-7-6-16(12-30-19)20(37)13-36/h4-10,12,20,36-37H,11,13H2,1-3H3,(H,31,38)(H,29,32,33). The number of amides is 1. The number of hydrogen-bond donors (Lipinski definition) is 4. The molecular weight excluding hydrogens is 505 g/mol. The first-order chi connectivity index (χ1) is 18.6. The second-order valence-corrected chi connectivity index (χ2v) is 9.98. The summed E-state index contributed by atoms with van der Waals surface area (Å²) in [7, 11) is 0. The number of imidazole rings is 1. The van der Waals surface area contributed by atoms with E-state index in [0.29, 0.717) is 45.3 Å². The third kappa shape index (κ3) is 5.38. The summed E-state index contributed by atoms with van der Waals surface area (Å²) in [5.41, 5.74) is 3.19. The molecule has 5 rings (SSSR count). The van der Waals surface area contributed by atoms with Gasteiger partial charge >= 0.3 is 0 Å². The van der Waals surface area contributed by atoms with Gasteiger partial charge in [-0.3, -0.25) is 9.78 Å². The number of aromatic nitrogens is 6. The lowest BCUT2D eigenvalue weighted by Crippen LogP contribution is -2.24. The highest BCUT2D eigenvalue weighted by Crippen LogP contribution is 2.29. The van der Waals surface area contributed by atoms with Crippen LogP contribution in [-0.2, 0) is 12.0 Å². The van der Waals surface area contributed by atoms with Gasteiger partial charge < -0.3 is 25.0 Å². The van der Waals surface area contributed by atoms with Crippen molar-refractivity contribution in [2.24, 2.45) is 0 Å². The summed E-state index contributed by atoms with van der Waals surface area (Å²) in [6.45, 7) is 5.20. The van der Waals surface area contributed by atoms with Gasteiger partial charge in [0.2, 0.25) is 5.89 Å². The highest BCUT2D eigenvalue weighted by Gasteiger charge is 2.24. The van der Waals surface area contributed by atoms with Crippen molar-refractivity contribution in [3.8, 4) is 22.6 Å². The van der Waals surface area contributed by atoms with Crippen LogP contribution in [0.25, 0.3) is 33.8 Å². The van der Waals surface area contributed by atoms with E-state index in [-0.39, 0.29) is 17.9 Å². The second kappa shape index (κ2) is 10.3. The maximum atomic E-state index is 15.1. The highest BCUT2D eigenvalue weighted by atomic mass is 19.1. The summed E-state index contributed by atoms with van der Waals surface area (Å²) in [4.78, 5) is 32.8. The molecule has 0 radical (unpaired) electrons. The van der Waals surface area contributed by atoms with Crippen LogP contribution in [0.15, 0.2) is 53.3 Å². The summed E-state index contributed by atoms with van der Waals surface area (Å²) < 4.78 is 20.2. The number of carbonyl (C=O) groups is 1. The van der Waals surface area contributed by atoms with Crippen LogP contribution in [0.5, 0.6) is 0 Å². The monoisotopic (exact) mass is 531 g/mol. The molecule has 11 nitrogen and oxygen atoms in total. The van der Waals surface area contributed by atoms with Gasteiger partial charge in [0, 0.05) is 41.0 Å². The summed E-state index contributed by atoms with van der Waals surface area (Å²) in [6, 6.07) is 9.80. The quantitative estimate of drug-likeness (QED) is 0.246. The van der Waals surface area contributed by atoms with Gasteiger partial charge in [0.15, 0.2) is 11.5 Å². The molecule has 4 heterocycles. The zero-order valence-corrected chi connectivity index (χ0v) is 21.4. The Morgan fingerprint density at radius 3 is 2.64 bits per heavy atom. The Morgan fingerprint density at radius 2 is 1.97 bits per heavy atom. The van der Waals surface area contributed by atoms with Gasteiger partial charge in [-0.05, 0) is 23.8 Å². The molecule has 12 heteroatoms. The fourth-order valence-corrected chi connectivity index (χ4v) is 3.85. The van der Waals surface area contributed by atoms with E-state index in [2.05, 4.69) is 35.4 Å². The predicted octanol–water partition coefficient (Wildman–Crippen LogP) is 3.46. The van der Waals surface area contributed by atoms with E-state index < -0.39 is 29.9 Å². The van der Waals surface area contributed by atoms with Crippen LogP contribution in [0.3, 0.4) is 0 Å². The number of nitrogens with one attached hydrogen (secondary N) is 2. The number of aromatic amines is 1. The lowest BCUT2D eigenvalue weighted by atomic mass is 9.97. The van der Waals surface area contributed by atoms with Crippen molar-refractivity contribution >= 4 is 17.1 Å². The molecule has 0 aliphatic carbocycles. The van der Waals surface area contributed by atoms with Crippen molar-refractivity contribution in [2.45, 2.75) is 38.8 Å². The zero-order valence-electron chi connectivity index (χ0n) is 21.4. The number of halogens is 1. The molecule has 5 aromatic rings. The molecule has 39 heavy (non-hydrogen) atoms. The topological polar surface area (TPSA) is 163 Å². The molecule has 0 spiro atoms. The summed E-state index contributed by atoms with van der Waals surface area (Å²) in [5.74, 6) is -0.389. The largest absolute Gasteiger partial charge is 0.393 e. The van der Waals surface area contributed by atoms with Crippen molar-refractivity contribution in [1.29, 1.82) is 0 Å². The fourth-order valence-electron chi connectivity index (χ4n) is 3.85. The van der Waals surface area contributed by atoms with Gasteiger partial charge in [-0.2, -0.15) is 4.98 Å². The Morgan fingerprint density at radius 1 is 1.15 bits per heavy atom. The van der Waals surface area contributed by atoms with Gasteiger partial charge in [-0.1, -0.05) is 44.1 Å². The number of rotatable bonds is 7. The van der Waals surface area contributed by atoms with Crippen molar-refractivity contribution < 1.29 is 23.9 Å². The maximum absolute atomic E-state index is 15.1. The van der Waals surface area contributed by atoms with Crippen molar-refractivity contribution in [2.75, 3.05) is 6.61 Å². The van der Waals surface area contributed by atoms with E-state index in [1.54, 1.807) is 36.5 Å².